The van der Waals surface area contributed by atoms with Crippen LogP contribution in [0.2, 0.25) is 0 Å². The topological polar surface area (TPSA) is 72.0 Å². The lowest BCUT2D eigenvalue weighted by Gasteiger charge is -2.22. The van der Waals surface area contributed by atoms with Gasteiger partial charge in [0, 0.05) is 17.9 Å². The molecule has 0 radical (unpaired) electrons. The van der Waals surface area contributed by atoms with E-state index in [1.807, 2.05) is 0 Å². The minimum atomic E-state index is -3.37. The van der Waals surface area contributed by atoms with Crippen LogP contribution in [-0.4, -0.2) is 36.7 Å². The van der Waals surface area contributed by atoms with E-state index < -0.39 is 9.84 Å². The number of hydrogen-bond donors (Lipinski definition) is 1. The Bertz CT molecular complexity index is 481. The molecule has 0 aromatic carbocycles. The first kappa shape index (κ1) is 12.4. The predicted octanol–water partition coefficient (Wildman–Crippen LogP) is 0.701. The number of aryl methyl sites for hydroxylation is 1. The monoisotopic (exact) mass is 255 g/mol. The Labute approximate surface area is 102 Å². The van der Waals surface area contributed by atoms with Gasteiger partial charge in [-0.25, -0.2) is 18.4 Å². The molecule has 0 saturated carbocycles. The lowest BCUT2D eigenvalue weighted by atomic mass is 10.1. The highest BCUT2D eigenvalue weighted by Gasteiger charge is 2.24. The van der Waals surface area contributed by atoms with Gasteiger partial charge in [0.15, 0.2) is 0 Å². The molecule has 94 valence electrons. The molecule has 6 heteroatoms. The highest BCUT2D eigenvalue weighted by Crippen LogP contribution is 2.13. The van der Waals surface area contributed by atoms with Crippen LogP contribution in [0.5, 0.6) is 0 Å². The molecule has 1 aliphatic heterocycles. The van der Waals surface area contributed by atoms with Crippen molar-refractivity contribution in [3.63, 3.8) is 0 Å². The first-order valence-electron chi connectivity index (χ1n) is 5.84. The summed E-state index contributed by atoms with van der Waals surface area (Å²) in [4.78, 5) is 7.83. The van der Waals surface area contributed by atoms with Gasteiger partial charge in [0.25, 0.3) is 0 Å². The van der Waals surface area contributed by atoms with Gasteiger partial charge < -0.3 is 5.32 Å². The van der Waals surface area contributed by atoms with E-state index in [-0.39, 0.29) is 17.0 Å². The first-order valence-corrected chi connectivity index (χ1v) is 7.49. The van der Waals surface area contributed by atoms with E-state index in [1.165, 1.54) is 6.20 Å². The molecule has 17 heavy (non-hydrogen) atoms. The van der Waals surface area contributed by atoms with E-state index in [0.717, 1.165) is 25.8 Å². The molecule has 1 unspecified atom stereocenters. The lowest BCUT2D eigenvalue weighted by molar-refractivity contribution is 0.423. The summed E-state index contributed by atoms with van der Waals surface area (Å²) in [6.45, 7) is 2.66. The third-order valence-corrected chi connectivity index (χ3v) is 4.48. The average molecular weight is 255 g/mol. The Morgan fingerprint density at radius 1 is 1.47 bits per heavy atom. The summed E-state index contributed by atoms with van der Waals surface area (Å²) in [7, 11) is -3.37. The molecule has 1 atom stereocenters. The maximum atomic E-state index is 12.1. The molecular formula is C11H17N3O2S. The SMILES string of the molecule is Cc1ccnc(S(=O)(=O)CC2CCCCN2)n1. The van der Waals surface area contributed by atoms with Gasteiger partial charge in [-0.2, -0.15) is 0 Å². The molecule has 1 N–H and O–H groups in total. The van der Waals surface area contributed by atoms with Gasteiger partial charge in [-0.15, -0.1) is 0 Å². The third kappa shape index (κ3) is 3.23. The summed E-state index contributed by atoms with van der Waals surface area (Å²) < 4.78 is 24.2. The molecule has 5 nitrogen and oxygen atoms in total. The smallest absolute Gasteiger partial charge is 0.247 e. The van der Waals surface area contributed by atoms with Gasteiger partial charge in [-0.3, -0.25) is 0 Å². The van der Waals surface area contributed by atoms with Gasteiger partial charge in [0.05, 0.1) is 5.75 Å². The Morgan fingerprint density at radius 2 is 2.29 bits per heavy atom. The van der Waals surface area contributed by atoms with Crippen LogP contribution in [0.3, 0.4) is 0 Å². The quantitative estimate of drug-likeness (QED) is 0.805. The number of nitrogens with zero attached hydrogens (tertiary/aromatic N) is 2. The standard InChI is InChI=1S/C11H17N3O2S/c1-9-5-7-13-11(14-9)17(15,16)8-10-4-2-3-6-12-10/h5,7,10,12H,2-4,6,8H2,1H3. The third-order valence-electron chi connectivity index (χ3n) is 2.88. The second-order valence-electron chi connectivity index (χ2n) is 4.41. The minimum Gasteiger partial charge on any atom is -0.313 e. The zero-order chi connectivity index (χ0) is 12.3. The van der Waals surface area contributed by atoms with Crippen molar-refractivity contribution < 1.29 is 8.42 Å². The number of rotatable bonds is 3. The van der Waals surface area contributed by atoms with Crippen molar-refractivity contribution in [2.75, 3.05) is 12.3 Å². The van der Waals surface area contributed by atoms with Gasteiger partial charge in [-0.05, 0) is 32.4 Å². The van der Waals surface area contributed by atoms with Crippen LogP contribution in [0, 0.1) is 6.92 Å². The number of nitrogens with one attached hydrogen (secondary N) is 1. The number of piperidine rings is 1. The summed E-state index contributed by atoms with van der Waals surface area (Å²) >= 11 is 0. The zero-order valence-corrected chi connectivity index (χ0v) is 10.7. The maximum Gasteiger partial charge on any atom is 0.247 e. The molecule has 0 spiro atoms. The van der Waals surface area contributed by atoms with E-state index in [9.17, 15) is 8.42 Å². The predicted molar refractivity (Wildman–Crippen MR) is 64.5 cm³/mol. The molecular weight excluding hydrogens is 238 g/mol. The Hall–Kier alpha value is -1.01. The number of hydrogen-bond acceptors (Lipinski definition) is 5. The van der Waals surface area contributed by atoms with E-state index in [2.05, 4.69) is 15.3 Å². The minimum absolute atomic E-state index is 0.0397. The number of sulfone groups is 1. The van der Waals surface area contributed by atoms with Crippen LogP contribution in [-0.2, 0) is 9.84 Å². The highest BCUT2D eigenvalue weighted by atomic mass is 32.2. The number of aromatic nitrogens is 2. The first-order chi connectivity index (χ1) is 8.08. The molecule has 0 bridgehead atoms. The van der Waals surface area contributed by atoms with Crippen LogP contribution in [0.25, 0.3) is 0 Å². The fraction of sp³-hybridized carbons (Fsp3) is 0.636. The van der Waals surface area contributed by atoms with Gasteiger partial charge in [-0.1, -0.05) is 6.42 Å². The van der Waals surface area contributed by atoms with E-state index in [1.54, 1.807) is 13.0 Å². The van der Waals surface area contributed by atoms with Gasteiger partial charge in [0.1, 0.15) is 0 Å². The molecule has 1 aliphatic rings. The normalized spacial score (nSPS) is 21.4. The molecule has 1 fully saturated rings. The molecule has 1 saturated heterocycles. The summed E-state index contributed by atoms with van der Waals surface area (Å²) in [5.74, 6) is 0.0937. The van der Waals surface area contributed by atoms with E-state index in [4.69, 9.17) is 0 Å². The zero-order valence-electron chi connectivity index (χ0n) is 9.89. The van der Waals surface area contributed by atoms with Gasteiger partial charge in [0.2, 0.25) is 15.0 Å². The van der Waals surface area contributed by atoms with Crippen molar-refractivity contribution in [1.29, 1.82) is 0 Å². The van der Waals surface area contributed by atoms with Crippen molar-refractivity contribution in [2.24, 2.45) is 0 Å². The Kier molecular flexibility index (Phi) is 3.73. The summed E-state index contributed by atoms with van der Waals surface area (Å²) in [5.41, 5.74) is 0.676. The molecule has 2 rings (SSSR count). The molecule has 0 amide bonds. The van der Waals surface area contributed by atoms with E-state index >= 15 is 0 Å². The van der Waals surface area contributed by atoms with Crippen molar-refractivity contribution in [3.8, 4) is 0 Å². The average Bonchev–Trinajstić information content (AvgIpc) is 2.30. The fourth-order valence-electron chi connectivity index (χ4n) is 1.98. The van der Waals surface area contributed by atoms with Crippen LogP contribution >= 0.6 is 0 Å². The van der Waals surface area contributed by atoms with Crippen molar-refractivity contribution in [2.45, 2.75) is 37.4 Å². The summed E-state index contributed by atoms with van der Waals surface area (Å²) in [6.07, 6.45) is 4.61. The molecule has 0 aliphatic carbocycles. The molecule has 1 aromatic rings. The fourth-order valence-corrected chi connectivity index (χ4v) is 3.45. The lowest BCUT2D eigenvalue weighted by Crippen LogP contribution is -2.39. The maximum absolute atomic E-state index is 12.1. The van der Waals surface area contributed by atoms with Crippen LogP contribution in [0.4, 0.5) is 0 Å². The van der Waals surface area contributed by atoms with Crippen LogP contribution in [0.15, 0.2) is 17.4 Å². The highest BCUT2D eigenvalue weighted by molar-refractivity contribution is 7.91. The largest absolute Gasteiger partial charge is 0.313 e. The summed E-state index contributed by atoms with van der Waals surface area (Å²) in [6, 6.07) is 1.73. The Morgan fingerprint density at radius 3 is 2.94 bits per heavy atom. The second-order valence-corrected chi connectivity index (χ2v) is 6.34. The summed E-state index contributed by atoms with van der Waals surface area (Å²) in [5, 5.41) is 3.17. The van der Waals surface area contributed by atoms with Crippen molar-refractivity contribution >= 4 is 9.84 Å². The Balaban J connectivity index is 2.13. The van der Waals surface area contributed by atoms with Crippen LogP contribution < -0.4 is 5.32 Å². The molecule has 2 heterocycles. The second kappa shape index (κ2) is 5.10. The molecule has 1 aromatic heterocycles. The van der Waals surface area contributed by atoms with E-state index in [0.29, 0.717) is 5.69 Å². The van der Waals surface area contributed by atoms with Gasteiger partial charge >= 0.3 is 0 Å². The van der Waals surface area contributed by atoms with Crippen molar-refractivity contribution in [1.82, 2.24) is 15.3 Å². The van der Waals surface area contributed by atoms with Crippen LogP contribution in [0.1, 0.15) is 25.0 Å². The van der Waals surface area contributed by atoms with Crippen molar-refractivity contribution in [3.05, 3.63) is 18.0 Å².